The molecule has 3 aromatic carbocycles. The van der Waals surface area contributed by atoms with E-state index in [2.05, 4.69) is 42.7 Å². The van der Waals surface area contributed by atoms with Crippen molar-refractivity contribution >= 4 is 69.5 Å². The summed E-state index contributed by atoms with van der Waals surface area (Å²) in [5, 5.41) is 4.74. The number of benzene rings is 3. The van der Waals surface area contributed by atoms with Crippen molar-refractivity contribution in [1.82, 2.24) is 11.0 Å². The topological polar surface area (TPSA) is 134 Å². The summed E-state index contributed by atoms with van der Waals surface area (Å²) in [5.41, 5.74) is 6.99. The number of carbonyl (C=O) groups excluding carboxylic acids is 3. The Morgan fingerprint density at radius 1 is 0.805 bits per heavy atom. The number of hydrogen-bond acceptors (Lipinski definition) is 9. The third-order valence-electron chi connectivity index (χ3n) is 4.93. The summed E-state index contributed by atoms with van der Waals surface area (Å²) in [6.07, 6.45) is -1.49. The Kier molecular flexibility index (Phi) is 14.0. The SMILES string of the molecule is COC(=O)NOc1cc(/C(C)=N/OCc2ccccc2I)ccc1Cl.COC(=O)NOc1cc(C(C)=O)ccc1Cl. The molecule has 0 saturated carbocycles. The van der Waals surface area contributed by atoms with Crippen LogP contribution in [0.1, 0.15) is 35.3 Å². The molecule has 0 saturated heterocycles. The Bertz CT molecular complexity index is 1400. The van der Waals surface area contributed by atoms with Crippen molar-refractivity contribution in [2.24, 2.45) is 5.16 Å². The second kappa shape index (κ2) is 17.1. The van der Waals surface area contributed by atoms with Gasteiger partial charge >= 0.3 is 12.2 Å². The molecular weight excluding hydrogens is 692 g/mol. The van der Waals surface area contributed by atoms with E-state index in [1.54, 1.807) is 31.2 Å². The van der Waals surface area contributed by atoms with Crippen molar-refractivity contribution in [3.63, 3.8) is 0 Å². The number of oxime groups is 1. The molecule has 41 heavy (non-hydrogen) atoms. The Morgan fingerprint density at radius 2 is 1.32 bits per heavy atom. The predicted molar refractivity (Wildman–Crippen MR) is 161 cm³/mol. The first kappa shape index (κ1) is 33.5. The lowest BCUT2D eigenvalue weighted by Gasteiger charge is -2.09. The fourth-order valence-electron chi connectivity index (χ4n) is 2.75. The number of amides is 2. The molecule has 0 unspecified atom stereocenters. The molecular formula is C27H26Cl2IN3O8. The van der Waals surface area contributed by atoms with E-state index in [0.717, 1.165) is 14.7 Å². The maximum atomic E-state index is 11.1. The number of Topliss-reactive ketones (excluding diaryl/α,β-unsaturated/α-hetero) is 1. The van der Waals surface area contributed by atoms with Crippen LogP contribution in [0.15, 0.2) is 65.8 Å². The Hall–Kier alpha value is -3.75. The third-order valence-corrected chi connectivity index (χ3v) is 6.60. The van der Waals surface area contributed by atoms with Gasteiger partial charge in [0.15, 0.2) is 17.3 Å². The zero-order chi connectivity index (χ0) is 30.4. The van der Waals surface area contributed by atoms with Crippen LogP contribution in [-0.4, -0.2) is 37.9 Å². The Morgan fingerprint density at radius 3 is 1.83 bits per heavy atom. The quantitative estimate of drug-likeness (QED) is 0.108. The lowest BCUT2D eigenvalue weighted by atomic mass is 10.1. The van der Waals surface area contributed by atoms with E-state index in [-0.39, 0.29) is 22.3 Å². The van der Waals surface area contributed by atoms with Crippen LogP contribution in [0.2, 0.25) is 10.0 Å². The number of nitrogens with one attached hydrogen (secondary N) is 2. The van der Waals surface area contributed by atoms with Gasteiger partial charge in [-0.3, -0.25) is 4.79 Å². The van der Waals surface area contributed by atoms with Crippen LogP contribution in [-0.2, 0) is 20.9 Å². The summed E-state index contributed by atoms with van der Waals surface area (Å²) in [7, 11) is 2.44. The molecule has 0 heterocycles. The van der Waals surface area contributed by atoms with Gasteiger partial charge < -0.3 is 24.0 Å². The molecule has 0 spiro atoms. The molecule has 2 amide bonds. The number of ketones is 1. The van der Waals surface area contributed by atoms with Gasteiger partial charge in [-0.1, -0.05) is 52.6 Å². The second-order valence-electron chi connectivity index (χ2n) is 7.78. The van der Waals surface area contributed by atoms with E-state index in [0.29, 0.717) is 22.9 Å². The summed E-state index contributed by atoms with van der Waals surface area (Å²) >= 11 is 14.1. The van der Waals surface area contributed by atoms with E-state index in [1.165, 1.54) is 33.3 Å². The monoisotopic (exact) mass is 717 g/mol. The Balaban J connectivity index is 0.000000317. The standard InChI is InChI=1S/C17H16ClIN2O4.C10H10ClNO4/c1-11(20-24-10-13-5-3-4-6-15(13)19)12-7-8-14(18)16(9-12)25-21-17(22)23-2;1-6(13)7-3-4-8(11)9(5-7)16-12-10(14)15-2/h3-9H,10H2,1-2H3,(H,21,22);3-5H,1-2H3,(H,12,14)/b20-11+;. The maximum absolute atomic E-state index is 11.1. The summed E-state index contributed by atoms with van der Waals surface area (Å²) in [6.45, 7) is 3.59. The van der Waals surface area contributed by atoms with E-state index >= 15 is 0 Å². The second-order valence-corrected chi connectivity index (χ2v) is 9.76. The third kappa shape index (κ3) is 11.3. The van der Waals surface area contributed by atoms with Crippen molar-refractivity contribution < 1.29 is 38.4 Å². The molecule has 0 bridgehead atoms. The summed E-state index contributed by atoms with van der Waals surface area (Å²) < 4.78 is 9.85. The molecule has 3 rings (SSSR count). The minimum Gasteiger partial charge on any atom is -0.451 e. The molecule has 0 aromatic heterocycles. The smallest absolute Gasteiger partial charge is 0.440 e. The molecule has 218 valence electrons. The molecule has 0 fully saturated rings. The van der Waals surface area contributed by atoms with E-state index in [1.807, 2.05) is 29.7 Å². The lowest BCUT2D eigenvalue weighted by Crippen LogP contribution is -2.26. The molecule has 3 aromatic rings. The number of ether oxygens (including phenoxy) is 2. The highest BCUT2D eigenvalue weighted by Crippen LogP contribution is 2.26. The fraction of sp³-hybridized carbons (Fsp3) is 0.185. The van der Waals surface area contributed by atoms with Crippen molar-refractivity contribution in [2.75, 3.05) is 14.2 Å². The molecule has 2 N–H and O–H groups in total. The average molecular weight is 718 g/mol. The van der Waals surface area contributed by atoms with Crippen molar-refractivity contribution in [1.29, 1.82) is 0 Å². The van der Waals surface area contributed by atoms with Gasteiger partial charge in [-0.15, -0.1) is 0 Å². The number of nitrogens with zero attached hydrogens (tertiary/aromatic N) is 1. The van der Waals surface area contributed by atoms with Gasteiger partial charge in [-0.05, 0) is 72.8 Å². The highest BCUT2D eigenvalue weighted by Gasteiger charge is 2.10. The first-order chi connectivity index (χ1) is 19.5. The van der Waals surface area contributed by atoms with Gasteiger partial charge in [-0.25, -0.2) is 9.59 Å². The molecule has 0 atom stereocenters. The number of hydroxylamine groups is 2. The van der Waals surface area contributed by atoms with Crippen LogP contribution in [0.25, 0.3) is 0 Å². The first-order valence-electron chi connectivity index (χ1n) is 11.6. The van der Waals surface area contributed by atoms with Gasteiger partial charge in [0, 0.05) is 20.3 Å². The number of halogens is 3. The minimum absolute atomic E-state index is 0.125. The fourth-order valence-corrected chi connectivity index (χ4v) is 3.61. The van der Waals surface area contributed by atoms with Crippen LogP contribution >= 0.6 is 45.8 Å². The lowest BCUT2D eigenvalue weighted by molar-refractivity contribution is 0.101. The van der Waals surface area contributed by atoms with Crippen LogP contribution in [0.3, 0.4) is 0 Å². The van der Waals surface area contributed by atoms with Gasteiger partial charge in [0.25, 0.3) is 0 Å². The van der Waals surface area contributed by atoms with Crippen molar-refractivity contribution in [3.05, 3.63) is 91.0 Å². The highest BCUT2D eigenvalue weighted by atomic mass is 127. The van der Waals surface area contributed by atoms with Crippen LogP contribution in [0.4, 0.5) is 9.59 Å². The number of methoxy groups -OCH3 is 2. The van der Waals surface area contributed by atoms with Gasteiger partial charge in [0.05, 0.1) is 30.0 Å². The molecule has 0 aliphatic rings. The van der Waals surface area contributed by atoms with Crippen molar-refractivity contribution in [2.45, 2.75) is 20.5 Å². The molecule has 0 aliphatic heterocycles. The highest BCUT2D eigenvalue weighted by molar-refractivity contribution is 14.1. The number of hydrogen-bond donors (Lipinski definition) is 2. The molecule has 14 heteroatoms. The summed E-state index contributed by atoms with van der Waals surface area (Å²) in [5.74, 6) is 0.330. The van der Waals surface area contributed by atoms with Crippen LogP contribution in [0.5, 0.6) is 11.5 Å². The predicted octanol–water partition coefficient (Wildman–Crippen LogP) is 6.73. The summed E-state index contributed by atoms with van der Waals surface area (Å²) in [4.78, 5) is 48.3. The molecule has 0 aliphatic carbocycles. The minimum atomic E-state index is -0.760. The van der Waals surface area contributed by atoms with Crippen LogP contribution < -0.4 is 20.6 Å². The van der Waals surface area contributed by atoms with Crippen LogP contribution in [0, 0.1) is 3.57 Å². The molecule has 11 nitrogen and oxygen atoms in total. The average Bonchev–Trinajstić information content (AvgIpc) is 2.97. The van der Waals surface area contributed by atoms with E-state index < -0.39 is 12.2 Å². The maximum Gasteiger partial charge on any atom is 0.440 e. The van der Waals surface area contributed by atoms with Crippen molar-refractivity contribution in [3.8, 4) is 11.5 Å². The summed E-state index contributed by atoms with van der Waals surface area (Å²) in [6, 6.07) is 17.5. The first-order valence-corrected chi connectivity index (χ1v) is 13.4. The number of rotatable bonds is 9. The van der Waals surface area contributed by atoms with Gasteiger partial charge in [0.2, 0.25) is 0 Å². The molecule has 0 radical (unpaired) electrons. The van der Waals surface area contributed by atoms with E-state index in [4.69, 9.17) is 37.7 Å². The largest absolute Gasteiger partial charge is 0.451 e. The number of carbonyl (C=O) groups is 3. The Labute approximate surface area is 260 Å². The van der Waals surface area contributed by atoms with Gasteiger partial charge in [-0.2, -0.15) is 11.0 Å². The van der Waals surface area contributed by atoms with E-state index in [9.17, 15) is 14.4 Å². The zero-order valence-corrected chi connectivity index (χ0v) is 26.0. The van der Waals surface area contributed by atoms with Gasteiger partial charge in [0.1, 0.15) is 6.61 Å². The normalized spacial score (nSPS) is 10.4. The zero-order valence-electron chi connectivity index (χ0n) is 22.3.